The number of ether oxygens (including phenoxy) is 1. The third-order valence-electron chi connectivity index (χ3n) is 4.71. The summed E-state index contributed by atoms with van der Waals surface area (Å²) in [6, 6.07) is 24.9. The molecular formula is C24H25BrClNO. The third kappa shape index (κ3) is 6.37. The van der Waals surface area contributed by atoms with Crippen molar-refractivity contribution in [3.63, 3.8) is 0 Å². The lowest BCUT2D eigenvalue weighted by Crippen LogP contribution is -2.26. The zero-order valence-electron chi connectivity index (χ0n) is 16.0. The molecule has 0 saturated heterocycles. The Morgan fingerprint density at radius 1 is 0.964 bits per heavy atom. The summed E-state index contributed by atoms with van der Waals surface area (Å²) in [5.74, 6) is 0.880. The summed E-state index contributed by atoms with van der Waals surface area (Å²) in [7, 11) is 0. The second-order valence-corrected chi connectivity index (χ2v) is 8.26. The van der Waals surface area contributed by atoms with Crippen LogP contribution in [0.15, 0.2) is 77.3 Å². The molecule has 0 aliphatic heterocycles. The van der Waals surface area contributed by atoms with Crippen LogP contribution in [0.4, 0.5) is 0 Å². The molecule has 2 nitrogen and oxygen atoms in total. The Hall–Kier alpha value is -1.81. The van der Waals surface area contributed by atoms with Crippen molar-refractivity contribution in [3.8, 4) is 5.75 Å². The van der Waals surface area contributed by atoms with Gasteiger partial charge in [0.1, 0.15) is 12.4 Å². The first-order valence-electron chi connectivity index (χ1n) is 9.54. The van der Waals surface area contributed by atoms with Gasteiger partial charge in [-0.15, -0.1) is 0 Å². The topological polar surface area (TPSA) is 21.3 Å². The van der Waals surface area contributed by atoms with Crippen molar-refractivity contribution < 1.29 is 4.74 Å². The minimum absolute atomic E-state index is 0.413. The molecule has 3 aromatic rings. The van der Waals surface area contributed by atoms with Gasteiger partial charge < -0.3 is 10.1 Å². The molecule has 0 aliphatic rings. The normalized spacial score (nSPS) is 12.0. The third-order valence-corrected chi connectivity index (χ3v) is 5.58. The van der Waals surface area contributed by atoms with E-state index >= 15 is 0 Å². The number of hydrogen-bond acceptors (Lipinski definition) is 2. The highest BCUT2D eigenvalue weighted by Crippen LogP contribution is 2.25. The molecule has 146 valence electrons. The van der Waals surface area contributed by atoms with Gasteiger partial charge in [-0.3, -0.25) is 0 Å². The zero-order valence-corrected chi connectivity index (χ0v) is 18.3. The lowest BCUT2D eigenvalue weighted by atomic mass is 10.1. The van der Waals surface area contributed by atoms with E-state index in [0.29, 0.717) is 12.6 Å². The number of rotatable bonds is 9. The second kappa shape index (κ2) is 10.7. The second-order valence-electron chi connectivity index (χ2n) is 6.94. The monoisotopic (exact) mass is 457 g/mol. The molecule has 0 radical (unpaired) electrons. The van der Waals surface area contributed by atoms with Crippen molar-refractivity contribution in [2.24, 2.45) is 0 Å². The van der Waals surface area contributed by atoms with E-state index in [2.05, 4.69) is 64.6 Å². The van der Waals surface area contributed by atoms with E-state index in [0.717, 1.165) is 45.8 Å². The van der Waals surface area contributed by atoms with E-state index in [4.69, 9.17) is 16.3 Å². The maximum absolute atomic E-state index is 6.24. The number of halogens is 2. The van der Waals surface area contributed by atoms with Crippen LogP contribution in [-0.2, 0) is 19.6 Å². The summed E-state index contributed by atoms with van der Waals surface area (Å²) in [4.78, 5) is 0. The number of hydrogen-bond donors (Lipinski definition) is 1. The molecule has 0 saturated carbocycles. The van der Waals surface area contributed by atoms with Crippen LogP contribution in [-0.4, -0.2) is 6.04 Å². The van der Waals surface area contributed by atoms with Crippen LogP contribution in [0.3, 0.4) is 0 Å². The van der Waals surface area contributed by atoms with Gasteiger partial charge in [0.25, 0.3) is 0 Å². The van der Waals surface area contributed by atoms with Crippen LogP contribution >= 0.6 is 27.5 Å². The summed E-state index contributed by atoms with van der Waals surface area (Å²) in [5.41, 5.74) is 3.50. The Labute approximate surface area is 181 Å². The van der Waals surface area contributed by atoms with Crippen LogP contribution in [0.25, 0.3) is 0 Å². The molecule has 0 bridgehead atoms. The Morgan fingerprint density at radius 3 is 2.50 bits per heavy atom. The van der Waals surface area contributed by atoms with Crippen LogP contribution in [0.2, 0.25) is 5.02 Å². The van der Waals surface area contributed by atoms with E-state index in [1.807, 2.05) is 36.4 Å². The maximum Gasteiger partial charge on any atom is 0.124 e. The highest BCUT2D eigenvalue weighted by atomic mass is 79.9. The molecule has 4 heteroatoms. The first-order valence-corrected chi connectivity index (χ1v) is 10.7. The number of aryl methyl sites for hydroxylation is 1. The van der Waals surface area contributed by atoms with Crippen molar-refractivity contribution in [2.45, 2.75) is 39.0 Å². The van der Waals surface area contributed by atoms with Crippen LogP contribution < -0.4 is 10.1 Å². The predicted molar refractivity (Wildman–Crippen MR) is 121 cm³/mol. The molecule has 3 rings (SSSR count). The molecule has 28 heavy (non-hydrogen) atoms. The van der Waals surface area contributed by atoms with E-state index in [1.165, 1.54) is 5.56 Å². The zero-order chi connectivity index (χ0) is 19.8. The van der Waals surface area contributed by atoms with Crippen LogP contribution in [0.1, 0.15) is 30.0 Å². The van der Waals surface area contributed by atoms with Gasteiger partial charge in [0.2, 0.25) is 0 Å². The standard InChI is InChI=1S/C24H25BrClNO/c1-18(11-12-19-7-3-2-4-8-19)27-16-21-15-22(25)13-14-24(21)28-17-20-9-5-6-10-23(20)26/h2-10,13-15,18,27H,11-12,16-17H2,1H3/t18-/m1/s1. The molecule has 0 aliphatic carbocycles. The lowest BCUT2D eigenvalue weighted by Gasteiger charge is -2.17. The summed E-state index contributed by atoms with van der Waals surface area (Å²) >= 11 is 9.81. The predicted octanol–water partition coefficient (Wildman–Crippen LogP) is 6.79. The molecular weight excluding hydrogens is 434 g/mol. The average molecular weight is 459 g/mol. The number of nitrogens with one attached hydrogen (secondary N) is 1. The molecule has 0 heterocycles. The highest BCUT2D eigenvalue weighted by Gasteiger charge is 2.09. The van der Waals surface area contributed by atoms with Gasteiger partial charge in [0.05, 0.1) is 0 Å². The van der Waals surface area contributed by atoms with Gasteiger partial charge in [0, 0.05) is 33.2 Å². The molecule has 0 amide bonds. The largest absolute Gasteiger partial charge is 0.489 e. The SMILES string of the molecule is C[C@H](CCc1ccccc1)NCc1cc(Br)ccc1OCc1ccccc1Cl. The summed E-state index contributed by atoms with van der Waals surface area (Å²) < 4.78 is 7.12. The van der Waals surface area contributed by atoms with Gasteiger partial charge in [-0.25, -0.2) is 0 Å². The van der Waals surface area contributed by atoms with Crippen molar-refractivity contribution in [2.75, 3.05) is 0 Å². The van der Waals surface area contributed by atoms with Gasteiger partial charge in [-0.05, 0) is 49.6 Å². The summed E-state index contributed by atoms with van der Waals surface area (Å²) in [5, 5.41) is 4.35. The van der Waals surface area contributed by atoms with Gasteiger partial charge in [-0.2, -0.15) is 0 Å². The summed E-state index contributed by atoms with van der Waals surface area (Å²) in [6.07, 6.45) is 2.16. The molecule has 0 aromatic heterocycles. The molecule has 3 aromatic carbocycles. The van der Waals surface area contributed by atoms with E-state index in [-0.39, 0.29) is 0 Å². The first kappa shape index (κ1) is 20.9. The Morgan fingerprint density at radius 2 is 1.71 bits per heavy atom. The van der Waals surface area contributed by atoms with Crippen molar-refractivity contribution in [1.82, 2.24) is 5.32 Å². The van der Waals surface area contributed by atoms with Crippen molar-refractivity contribution >= 4 is 27.5 Å². The fourth-order valence-corrected chi connectivity index (χ4v) is 3.61. The smallest absolute Gasteiger partial charge is 0.124 e. The average Bonchev–Trinajstić information content (AvgIpc) is 2.72. The molecule has 1 N–H and O–H groups in total. The van der Waals surface area contributed by atoms with Gasteiger partial charge in [0.15, 0.2) is 0 Å². The number of benzene rings is 3. The lowest BCUT2D eigenvalue weighted by molar-refractivity contribution is 0.301. The van der Waals surface area contributed by atoms with Crippen LogP contribution in [0.5, 0.6) is 5.75 Å². The van der Waals surface area contributed by atoms with E-state index in [1.54, 1.807) is 0 Å². The van der Waals surface area contributed by atoms with E-state index < -0.39 is 0 Å². The Kier molecular flexibility index (Phi) is 7.96. The van der Waals surface area contributed by atoms with Gasteiger partial charge >= 0.3 is 0 Å². The minimum Gasteiger partial charge on any atom is -0.489 e. The van der Waals surface area contributed by atoms with Crippen molar-refractivity contribution in [1.29, 1.82) is 0 Å². The maximum atomic E-state index is 6.24. The fourth-order valence-electron chi connectivity index (χ4n) is 3.01. The Balaban J connectivity index is 1.57. The highest BCUT2D eigenvalue weighted by molar-refractivity contribution is 9.10. The molecule has 0 fully saturated rings. The molecule has 0 unspecified atom stereocenters. The minimum atomic E-state index is 0.413. The van der Waals surface area contributed by atoms with Gasteiger partial charge in [-0.1, -0.05) is 76.1 Å². The summed E-state index contributed by atoms with van der Waals surface area (Å²) in [6.45, 7) is 3.44. The molecule has 0 spiro atoms. The van der Waals surface area contributed by atoms with Crippen LogP contribution in [0, 0.1) is 0 Å². The fraction of sp³-hybridized carbons (Fsp3) is 0.250. The van der Waals surface area contributed by atoms with E-state index in [9.17, 15) is 0 Å². The molecule has 1 atom stereocenters. The Bertz CT molecular complexity index is 885. The quantitative estimate of drug-likeness (QED) is 0.381. The first-order chi connectivity index (χ1) is 13.6. The van der Waals surface area contributed by atoms with Crippen molar-refractivity contribution in [3.05, 3.63) is 99.0 Å².